The summed E-state index contributed by atoms with van der Waals surface area (Å²) in [6.07, 6.45) is 0.311. The molecule has 0 radical (unpaired) electrons. The number of carbonyl (C=O) groups excluding carboxylic acids is 1. The quantitative estimate of drug-likeness (QED) is 0.493. The van der Waals surface area contributed by atoms with Crippen molar-refractivity contribution in [1.82, 2.24) is 15.3 Å². The molecule has 0 unspecified atom stereocenters. The first kappa shape index (κ1) is 24.6. The van der Waals surface area contributed by atoms with E-state index < -0.39 is 12.1 Å². The molecule has 10 heteroatoms. The summed E-state index contributed by atoms with van der Waals surface area (Å²) in [5, 5.41) is 10.4. The number of nitrogens with one attached hydrogen (secondary N) is 2. The lowest BCUT2D eigenvalue weighted by Crippen LogP contribution is -2.46. The van der Waals surface area contributed by atoms with Crippen LogP contribution in [0, 0.1) is 0 Å². The van der Waals surface area contributed by atoms with E-state index in [-0.39, 0.29) is 18.1 Å². The molecule has 5 rings (SSSR count). The van der Waals surface area contributed by atoms with Crippen molar-refractivity contribution in [3.63, 3.8) is 0 Å². The number of carboxylic acid groups (broad SMARTS) is 1. The summed E-state index contributed by atoms with van der Waals surface area (Å²) < 4.78 is 37.7. The highest BCUT2D eigenvalue weighted by Crippen LogP contribution is 2.33. The van der Waals surface area contributed by atoms with Crippen LogP contribution in [-0.2, 0) is 16.0 Å². The molecule has 3 aromatic rings. The van der Waals surface area contributed by atoms with Gasteiger partial charge >= 0.3 is 12.1 Å². The van der Waals surface area contributed by atoms with Crippen LogP contribution in [0.2, 0.25) is 0 Å². The summed E-state index contributed by atoms with van der Waals surface area (Å²) in [7, 11) is 0. The van der Waals surface area contributed by atoms with Gasteiger partial charge in [-0.3, -0.25) is 4.79 Å². The Bertz CT molecular complexity index is 1160. The summed E-state index contributed by atoms with van der Waals surface area (Å²) in [6, 6.07) is 16.3. The molecule has 3 atom stereocenters. The van der Waals surface area contributed by atoms with Crippen molar-refractivity contribution in [2.45, 2.75) is 62.8 Å². The summed E-state index contributed by atoms with van der Waals surface area (Å²) in [6.45, 7) is 0. The number of carboxylic acids is 1. The highest BCUT2D eigenvalue weighted by molar-refractivity contribution is 5.82. The molecule has 3 N–H and O–H groups in total. The molecule has 35 heavy (non-hydrogen) atoms. The zero-order chi connectivity index (χ0) is 25.0. The lowest BCUT2D eigenvalue weighted by molar-refractivity contribution is -0.192. The Morgan fingerprint density at radius 2 is 1.77 bits per heavy atom. The van der Waals surface area contributed by atoms with Crippen LogP contribution in [0.4, 0.5) is 13.2 Å². The fourth-order valence-corrected chi connectivity index (χ4v) is 4.54. The van der Waals surface area contributed by atoms with Crippen molar-refractivity contribution in [3.05, 3.63) is 59.9 Å². The maximum absolute atomic E-state index is 12.8. The number of fused-ring (bicyclic) bond motifs is 2. The summed E-state index contributed by atoms with van der Waals surface area (Å²) >= 11 is 0. The number of H-pyrrole nitrogens is 1. The number of amides is 1. The normalized spacial score (nSPS) is 21.7. The van der Waals surface area contributed by atoms with Crippen LogP contribution in [0.3, 0.4) is 0 Å². The SMILES string of the molecule is O=C(N[C@@H]1CCC[C@H](c2nc3ccccc3[nH]2)C1)[C@@H]1CCc2ccccc2O1.O=C(O)C(F)(F)F. The van der Waals surface area contributed by atoms with Crippen LogP contribution in [0.15, 0.2) is 48.5 Å². The first-order valence-electron chi connectivity index (χ1n) is 11.5. The second kappa shape index (κ2) is 10.4. The summed E-state index contributed by atoms with van der Waals surface area (Å²) in [4.78, 5) is 29.9. The number of halogens is 3. The largest absolute Gasteiger partial charge is 0.490 e. The van der Waals surface area contributed by atoms with Gasteiger partial charge in [-0.1, -0.05) is 36.8 Å². The van der Waals surface area contributed by atoms with Gasteiger partial charge in [-0.15, -0.1) is 0 Å². The molecule has 1 saturated carbocycles. The number of imidazole rings is 1. The van der Waals surface area contributed by atoms with E-state index in [4.69, 9.17) is 19.6 Å². The van der Waals surface area contributed by atoms with Gasteiger partial charge in [-0.25, -0.2) is 9.78 Å². The van der Waals surface area contributed by atoms with Gasteiger partial charge in [-0.05, 0) is 55.9 Å². The highest BCUT2D eigenvalue weighted by atomic mass is 19.4. The molecule has 1 amide bonds. The van der Waals surface area contributed by atoms with Crippen LogP contribution < -0.4 is 10.1 Å². The average molecular weight is 489 g/mol. The second-order valence-electron chi connectivity index (χ2n) is 8.76. The van der Waals surface area contributed by atoms with Crippen LogP contribution >= 0.6 is 0 Å². The molecule has 7 nitrogen and oxygen atoms in total. The van der Waals surface area contributed by atoms with E-state index in [1.807, 2.05) is 36.4 Å². The molecule has 0 spiro atoms. The minimum Gasteiger partial charge on any atom is -0.480 e. The Labute approximate surface area is 199 Å². The number of aromatic nitrogens is 2. The molecule has 1 aliphatic carbocycles. The Morgan fingerprint density at radius 1 is 1.06 bits per heavy atom. The van der Waals surface area contributed by atoms with E-state index in [2.05, 4.69) is 22.4 Å². The molecule has 0 saturated heterocycles. The number of nitrogens with zero attached hydrogens (tertiary/aromatic N) is 1. The average Bonchev–Trinajstić information content (AvgIpc) is 3.28. The van der Waals surface area contributed by atoms with Gasteiger partial charge in [0.2, 0.25) is 0 Å². The third-order valence-electron chi connectivity index (χ3n) is 6.27. The van der Waals surface area contributed by atoms with Crippen molar-refractivity contribution < 1.29 is 32.6 Å². The maximum atomic E-state index is 12.8. The fraction of sp³-hybridized carbons (Fsp3) is 0.400. The van der Waals surface area contributed by atoms with Gasteiger partial charge < -0.3 is 20.1 Å². The number of hydrogen-bond donors (Lipinski definition) is 3. The molecule has 1 fully saturated rings. The number of aromatic amines is 1. The Morgan fingerprint density at radius 3 is 2.51 bits per heavy atom. The number of alkyl halides is 3. The molecule has 186 valence electrons. The first-order valence-corrected chi connectivity index (χ1v) is 11.5. The molecule has 1 aromatic heterocycles. The minimum atomic E-state index is -5.08. The van der Waals surface area contributed by atoms with E-state index in [0.717, 1.165) is 61.1 Å². The predicted molar refractivity (Wildman–Crippen MR) is 122 cm³/mol. The molecular weight excluding hydrogens is 463 g/mol. The summed E-state index contributed by atoms with van der Waals surface area (Å²) in [5.74, 6) is -0.489. The van der Waals surface area contributed by atoms with Gasteiger partial charge in [0.05, 0.1) is 11.0 Å². The van der Waals surface area contributed by atoms with E-state index in [9.17, 15) is 18.0 Å². The smallest absolute Gasteiger partial charge is 0.480 e. The number of ether oxygens (including phenoxy) is 1. The molecule has 1 aliphatic heterocycles. The Hall–Kier alpha value is -3.56. The van der Waals surface area contributed by atoms with Crippen molar-refractivity contribution in [3.8, 4) is 5.75 Å². The van der Waals surface area contributed by atoms with Crippen molar-refractivity contribution >= 4 is 22.9 Å². The van der Waals surface area contributed by atoms with Gasteiger partial charge in [0, 0.05) is 12.0 Å². The lowest BCUT2D eigenvalue weighted by atomic mass is 9.85. The molecular formula is C25H26F3N3O4. The number of benzene rings is 2. The van der Waals surface area contributed by atoms with Crippen molar-refractivity contribution in [1.29, 1.82) is 0 Å². The molecule has 2 heterocycles. The second-order valence-corrected chi connectivity index (χ2v) is 8.76. The highest BCUT2D eigenvalue weighted by Gasteiger charge is 2.38. The maximum Gasteiger partial charge on any atom is 0.490 e. The lowest BCUT2D eigenvalue weighted by Gasteiger charge is -2.31. The third kappa shape index (κ3) is 6.12. The first-order chi connectivity index (χ1) is 16.7. The minimum absolute atomic E-state index is 0.0183. The van der Waals surface area contributed by atoms with Crippen molar-refractivity contribution in [2.24, 2.45) is 0 Å². The Kier molecular flexibility index (Phi) is 7.28. The number of para-hydroxylation sites is 3. The summed E-state index contributed by atoms with van der Waals surface area (Å²) in [5.41, 5.74) is 3.28. The van der Waals surface area contributed by atoms with Crippen LogP contribution in [0.5, 0.6) is 5.75 Å². The van der Waals surface area contributed by atoms with E-state index >= 15 is 0 Å². The Balaban J connectivity index is 0.000000364. The number of carbonyl (C=O) groups is 2. The number of aliphatic carboxylic acids is 1. The van der Waals surface area contributed by atoms with Crippen LogP contribution in [0.25, 0.3) is 11.0 Å². The number of rotatable bonds is 3. The van der Waals surface area contributed by atoms with E-state index in [1.54, 1.807) is 0 Å². The van der Waals surface area contributed by atoms with Gasteiger partial charge in [0.25, 0.3) is 5.91 Å². The zero-order valence-corrected chi connectivity index (χ0v) is 18.8. The topological polar surface area (TPSA) is 104 Å². The molecule has 2 aromatic carbocycles. The predicted octanol–water partition coefficient (Wildman–Crippen LogP) is 4.73. The van der Waals surface area contributed by atoms with Gasteiger partial charge in [-0.2, -0.15) is 13.2 Å². The zero-order valence-electron chi connectivity index (χ0n) is 18.8. The van der Waals surface area contributed by atoms with Gasteiger partial charge in [0.1, 0.15) is 11.6 Å². The number of aryl methyl sites for hydroxylation is 1. The number of hydrogen-bond acceptors (Lipinski definition) is 4. The van der Waals surface area contributed by atoms with E-state index in [1.165, 1.54) is 5.56 Å². The third-order valence-corrected chi connectivity index (χ3v) is 6.27. The standard InChI is InChI=1S/C23H25N3O2.C2HF3O2/c27-23(21-13-12-15-6-1-4-11-20(15)28-21)24-17-8-5-7-16(14-17)22-25-18-9-2-3-10-19(18)26-22;3-2(4,5)1(6)7/h1-4,6,9-11,16-17,21H,5,7-8,12-14H2,(H,24,27)(H,25,26);(H,6,7)/t16-,17+,21-;/m0./s1. The molecule has 2 aliphatic rings. The molecule has 0 bridgehead atoms. The fourth-order valence-electron chi connectivity index (χ4n) is 4.54. The van der Waals surface area contributed by atoms with Crippen LogP contribution in [0.1, 0.15) is 49.4 Å². The monoisotopic (exact) mass is 489 g/mol. The van der Waals surface area contributed by atoms with Crippen LogP contribution in [-0.4, -0.2) is 45.3 Å². The van der Waals surface area contributed by atoms with E-state index in [0.29, 0.717) is 5.92 Å². The van der Waals surface area contributed by atoms with Gasteiger partial charge in [0.15, 0.2) is 6.10 Å². The van der Waals surface area contributed by atoms with Crippen molar-refractivity contribution in [2.75, 3.05) is 0 Å².